The Morgan fingerprint density at radius 2 is 1.80 bits per heavy atom. The van der Waals surface area contributed by atoms with Gasteiger partial charge >= 0.3 is 0 Å². The van der Waals surface area contributed by atoms with Crippen molar-refractivity contribution < 1.29 is 0 Å². The molecule has 0 amide bonds. The largest absolute Gasteiger partial charge is 0.107 e. The van der Waals surface area contributed by atoms with Gasteiger partial charge in [-0.1, -0.05) is 28.8 Å². The molecule has 0 aromatic carbocycles. The maximum Gasteiger partial charge on any atom is 0.00885 e. The first-order valence-corrected chi connectivity index (χ1v) is 4.99. The Kier molecular flexibility index (Phi) is 9.08. The maximum atomic E-state index is 3.40. The van der Waals surface area contributed by atoms with Crippen molar-refractivity contribution in [1.29, 1.82) is 0 Å². The normalized spacial score (nSPS) is 8.60. The summed E-state index contributed by atoms with van der Waals surface area (Å²) < 4.78 is 0. The fourth-order valence-electron chi connectivity index (χ4n) is 0.786. The van der Waals surface area contributed by atoms with Gasteiger partial charge in [-0.15, -0.1) is 11.8 Å². The number of unbranched alkanes of at least 4 members (excludes halogenated alkanes) is 4. The Hall–Kier alpha value is 0.0400. The Labute approximate surface area is 72.5 Å². The molecule has 0 unspecified atom stereocenters. The summed E-state index contributed by atoms with van der Waals surface area (Å²) in [4.78, 5) is 0. The van der Waals surface area contributed by atoms with Crippen molar-refractivity contribution in [3.63, 3.8) is 0 Å². The lowest BCUT2D eigenvalue weighted by molar-refractivity contribution is 0.685. The smallest absolute Gasteiger partial charge is 0.00885 e. The van der Waals surface area contributed by atoms with Crippen molar-refractivity contribution in [3.05, 3.63) is 0 Å². The monoisotopic (exact) mass is 202 g/mol. The van der Waals surface area contributed by atoms with E-state index in [1.165, 1.54) is 25.7 Å². The third kappa shape index (κ3) is 8.04. The van der Waals surface area contributed by atoms with E-state index in [0.717, 1.165) is 11.8 Å². The molecule has 0 aliphatic rings. The molecule has 1 heteroatoms. The first-order chi connectivity index (χ1) is 4.91. The first-order valence-electron chi connectivity index (χ1n) is 3.87. The molecule has 0 rings (SSSR count). The van der Waals surface area contributed by atoms with Crippen molar-refractivity contribution in [2.75, 3.05) is 5.33 Å². The van der Waals surface area contributed by atoms with Gasteiger partial charge in [0.2, 0.25) is 0 Å². The van der Waals surface area contributed by atoms with E-state index in [9.17, 15) is 0 Å². The molecule has 0 radical (unpaired) electrons. The summed E-state index contributed by atoms with van der Waals surface area (Å²) in [5.74, 6) is 5.96. The number of hydrogen-bond donors (Lipinski definition) is 0. The van der Waals surface area contributed by atoms with Gasteiger partial charge in [0.25, 0.3) is 0 Å². The fourth-order valence-corrected chi connectivity index (χ4v) is 1.18. The molecular formula is C9H15Br. The van der Waals surface area contributed by atoms with Gasteiger partial charge in [0, 0.05) is 11.8 Å². The lowest BCUT2D eigenvalue weighted by atomic mass is 10.2. The van der Waals surface area contributed by atoms with E-state index >= 15 is 0 Å². The van der Waals surface area contributed by atoms with E-state index < -0.39 is 0 Å². The van der Waals surface area contributed by atoms with Crippen molar-refractivity contribution in [2.45, 2.75) is 39.0 Å². The van der Waals surface area contributed by atoms with Gasteiger partial charge in [0.15, 0.2) is 0 Å². The zero-order valence-electron chi connectivity index (χ0n) is 6.62. The Morgan fingerprint density at radius 3 is 2.40 bits per heavy atom. The average molecular weight is 203 g/mol. The quantitative estimate of drug-likeness (QED) is 0.365. The van der Waals surface area contributed by atoms with Crippen LogP contribution < -0.4 is 0 Å². The van der Waals surface area contributed by atoms with Crippen LogP contribution in [0.15, 0.2) is 0 Å². The van der Waals surface area contributed by atoms with Crippen LogP contribution in [0.1, 0.15) is 39.0 Å². The third-order valence-electron chi connectivity index (χ3n) is 1.36. The van der Waals surface area contributed by atoms with Crippen molar-refractivity contribution >= 4 is 15.9 Å². The molecule has 0 aromatic rings. The molecule has 58 valence electrons. The highest BCUT2D eigenvalue weighted by Crippen LogP contribution is 2.03. The molecule has 0 N–H and O–H groups in total. The fraction of sp³-hybridized carbons (Fsp3) is 0.778. The second-order valence-corrected chi connectivity index (χ2v) is 3.07. The zero-order chi connectivity index (χ0) is 7.66. The van der Waals surface area contributed by atoms with Gasteiger partial charge in [-0.25, -0.2) is 0 Å². The van der Waals surface area contributed by atoms with E-state index in [4.69, 9.17) is 0 Å². The molecule has 0 aliphatic heterocycles. The molecule has 0 saturated carbocycles. The Bertz CT molecular complexity index is 108. The minimum atomic E-state index is 1.08. The highest BCUT2D eigenvalue weighted by atomic mass is 79.9. The summed E-state index contributed by atoms with van der Waals surface area (Å²) in [7, 11) is 0. The standard InChI is InChI=1S/C9H15Br/c1-2-3-4-5-6-7-8-9-10/h4-9H2,1H3. The van der Waals surface area contributed by atoms with Crippen LogP contribution >= 0.6 is 15.9 Å². The minimum Gasteiger partial charge on any atom is -0.107 e. The van der Waals surface area contributed by atoms with Gasteiger partial charge in [-0.05, 0) is 19.8 Å². The topological polar surface area (TPSA) is 0 Å². The third-order valence-corrected chi connectivity index (χ3v) is 1.92. The molecular weight excluding hydrogens is 188 g/mol. The molecule has 0 fully saturated rings. The highest BCUT2D eigenvalue weighted by Gasteiger charge is 1.85. The van der Waals surface area contributed by atoms with E-state index in [1.807, 2.05) is 6.92 Å². The number of rotatable bonds is 5. The summed E-state index contributed by atoms with van der Waals surface area (Å²) in [6.45, 7) is 1.90. The number of alkyl halides is 1. The maximum absolute atomic E-state index is 3.40. The summed E-state index contributed by atoms with van der Waals surface area (Å²) in [5.41, 5.74) is 0. The number of halogens is 1. The molecule has 0 aliphatic carbocycles. The predicted molar refractivity (Wildman–Crippen MR) is 50.3 cm³/mol. The second-order valence-electron chi connectivity index (χ2n) is 2.28. The zero-order valence-corrected chi connectivity index (χ0v) is 8.21. The van der Waals surface area contributed by atoms with Gasteiger partial charge < -0.3 is 0 Å². The molecule has 0 bridgehead atoms. The Morgan fingerprint density at radius 1 is 1.10 bits per heavy atom. The lowest BCUT2D eigenvalue weighted by Crippen LogP contribution is -1.77. The van der Waals surface area contributed by atoms with Crippen LogP contribution in [0.3, 0.4) is 0 Å². The molecule has 0 aromatic heterocycles. The van der Waals surface area contributed by atoms with Gasteiger partial charge in [0.1, 0.15) is 0 Å². The second kappa shape index (κ2) is 9.04. The van der Waals surface area contributed by atoms with Crippen LogP contribution in [-0.4, -0.2) is 5.33 Å². The van der Waals surface area contributed by atoms with Crippen LogP contribution in [-0.2, 0) is 0 Å². The van der Waals surface area contributed by atoms with Crippen LogP contribution in [0.2, 0.25) is 0 Å². The molecule has 0 atom stereocenters. The van der Waals surface area contributed by atoms with Gasteiger partial charge in [-0.3, -0.25) is 0 Å². The lowest BCUT2D eigenvalue weighted by Gasteiger charge is -1.93. The van der Waals surface area contributed by atoms with Crippen LogP contribution in [0.25, 0.3) is 0 Å². The van der Waals surface area contributed by atoms with Crippen LogP contribution in [0.4, 0.5) is 0 Å². The van der Waals surface area contributed by atoms with E-state index in [0.29, 0.717) is 0 Å². The molecule has 0 nitrogen and oxygen atoms in total. The average Bonchev–Trinajstić information content (AvgIpc) is 1.97. The molecule has 0 heterocycles. The van der Waals surface area contributed by atoms with Crippen LogP contribution in [0, 0.1) is 11.8 Å². The SMILES string of the molecule is CC#CCCCCCCBr. The summed E-state index contributed by atoms with van der Waals surface area (Å²) >= 11 is 3.40. The Balaban J connectivity index is 2.82. The van der Waals surface area contributed by atoms with Gasteiger partial charge in [-0.2, -0.15) is 0 Å². The number of hydrogen-bond acceptors (Lipinski definition) is 0. The molecule has 0 spiro atoms. The molecule has 10 heavy (non-hydrogen) atoms. The summed E-state index contributed by atoms with van der Waals surface area (Å²) in [6.07, 6.45) is 6.34. The van der Waals surface area contributed by atoms with Gasteiger partial charge in [0.05, 0.1) is 0 Å². The van der Waals surface area contributed by atoms with Crippen LogP contribution in [0.5, 0.6) is 0 Å². The minimum absolute atomic E-state index is 1.08. The van der Waals surface area contributed by atoms with Crippen molar-refractivity contribution in [3.8, 4) is 11.8 Å². The molecule has 0 saturated heterocycles. The summed E-state index contributed by atoms with van der Waals surface area (Å²) in [5, 5.41) is 1.15. The van der Waals surface area contributed by atoms with E-state index in [2.05, 4.69) is 27.8 Å². The van der Waals surface area contributed by atoms with E-state index in [-0.39, 0.29) is 0 Å². The summed E-state index contributed by atoms with van der Waals surface area (Å²) in [6, 6.07) is 0. The van der Waals surface area contributed by atoms with Crippen molar-refractivity contribution in [2.24, 2.45) is 0 Å². The van der Waals surface area contributed by atoms with E-state index in [1.54, 1.807) is 0 Å². The first kappa shape index (κ1) is 10.0. The predicted octanol–water partition coefficient (Wildman–Crippen LogP) is 3.36. The highest BCUT2D eigenvalue weighted by molar-refractivity contribution is 9.09. The van der Waals surface area contributed by atoms with Crippen molar-refractivity contribution in [1.82, 2.24) is 0 Å².